The number of rotatable bonds is 5. The van der Waals surface area contributed by atoms with Crippen LogP contribution < -0.4 is 0 Å². The molecule has 0 bridgehead atoms. The van der Waals surface area contributed by atoms with Gasteiger partial charge >= 0.3 is 88.3 Å². The van der Waals surface area contributed by atoms with E-state index in [2.05, 4.69) is 30.6 Å². The molecule has 0 rings (SSSR count). The summed E-state index contributed by atoms with van der Waals surface area (Å²) in [6.07, 6.45) is 0. The maximum absolute atomic E-state index is 6.05. The van der Waals surface area contributed by atoms with E-state index in [1.54, 1.807) is 0 Å². The fourth-order valence-corrected chi connectivity index (χ4v) is 9.64. The molecule has 1 nitrogen and oxygen atoms in total. The predicted molar refractivity (Wildman–Crippen MR) is 57.5 cm³/mol. The van der Waals surface area contributed by atoms with E-state index in [9.17, 15) is 0 Å². The van der Waals surface area contributed by atoms with Crippen LogP contribution in [0.25, 0.3) is 0 Å². The summed E-state index contributed by atoms with van der Waals surface area (Å²) < 4.78 is 9.19. The molecule has 0 aliphatic carbocycles. The van der Waals surface area contributed by atoms with Crippen LogP contribution in [0.1, 0.15) is 27.7 Å². The van der Waals surface area contributed by atoms with E-state index >= 15 is 0 Å². The maximum atomic E-state index is 6.05. The Balaban J connectivity index is 3.98. The van der Waals surface area contributed by atoms with Gasteiger partial charge in [0, 0.05) is 0 Å². The van der Waals surface area contributed by atoms with Crippen LogP contribution in [0.4, 0.5) is 0 Å². The van der Waals surface area contributed by atoms with Crippen molar-refractivity contribution in [2.24, 2.45) is 0 Å². The molecular weight excluding hydrogens is 271 g/mol. The molecule has 0 aliphatic rings. The van der Waals surface area contributed by atoms with Gasteiger partial charge < -0.3 is 0 Å². The van der Waals surface area contributed by atoms with Gasteiger partial charge in [-0.25, -0.2) is 0 Å². The van der Waals surface area contributed by atoms with Crippen molar-refractivity contribution >= 4 is 29.9 Å². The Morgan fingerprint density at radius 1 is 1.17 bits per heavy atom. The first-order chi connectivity index (χ1) is 5.74. The number of hydrogen-bond acceptors (Lipinski definition) is 1. The summed E-state index contributed by atoms with van der Waals surface area (Å²) in [6, 6.07) is 3.77. The molecule has 0 spiro atoms. The molecule has 0 atom stereocenters. The fraction of sp³-hybridized carbons (Fsp3) is 0.778. The first-order valence-electron chi connectivity index (χ1n) is 4.59. The van der Waals surface area contributed by atoms with E-state index in [0.717, 1.165) is 0 Å². The zero-order valence-electron chi connectivity index (χ0n) is 8.53. The summed E-state index contributed by atoms with van der Waals surface area (Å²) in [7, 11) is -1.28. The van der Waals surface area contributed by atoms with Gasteiger partial charge in [-0.05, 0) is 0 Å². The van der Waals surface area contributed by atoms with Gasteiger partial charge in [-0.3, -0.25) is 0 Å². The van der Waals surface area contributed by atoms with Crippen molar-refractivity contribution in [3.63, 3.8) is 0 Å². The van der Waals surface area contributed by atoms with Crippen molar-refractivity contribution in [1.82, 2.24) is 0 Å². The second-order valence-corrected chi connectivity index (χ2v) is 10.6. The molecule has 0 heterocycles. The van der Waals surface area contributed by atoms with Gasteiger partial charge in [0.05, 0.1) is 0 Å². The standard InChI is InChI=1S/C6H15OSi.C3H3.Sn/c1-4-8(7,5-2)6-3;1-3-2;/h4-6H2,1-3H3;1H3;/q-1;;+1. The van der Waals surface area contributed by atoms with E-state index in [0.29, 0.717) is 0 Å². The molecule has 0 fully saturated rings. The van der Waals surface area contributed by atoms with Crippen molar-refractivity contribution in [1.29, 1.82) is 0 Å². The molecule has 0 aliphatic heterocycles. The molecule has 0 aromatic carbocycles. The summed E-state index contributed by atoms with van der Waals surface area (Å²) >= 11 is -0.786. The Morgan fingerprint density at radius 2 is 1.67 bits per heavy atom. The Bertz CT molecular complexity index is 159. The van der Waals surface area contributed by atoms with Gasteiger partial charge in [0.2, 0.25) is 0 Å². The average molecular weight is 289 g/mol. The first-order valence-corrected chi connectivity index (χ1v) is 9.71. The molecule has 0 N–H and O–H groups in total. The average Bonchev–Trinajstić information content (AvgIpc) is 2.14. The second-order valence-electron chi connectivity index (χ2n) is 2.82. The minimum absolute atomic E-state index is 0.786. The van der Waals surface area contributed by atoms with Crippen molar-refractivity contribution in [3.05, 3.63) is 0 Å². The molecule has 2 radical (unpaired) electrons. The SMILES string of the molecule is CC#[C][Sn][O][Si](CC)(CC)CC. The van der Waals surface area contributed by atoms with Gasteiger partial charge in [0.25, 0.3) is 0 Å². The van der Waals surface area contributed by atoms with Crippen LogP contribution in [0, 0.1) is 9.86 Å². The van der Waals surface area contributed by atoms with Crippen LogP contribution >= 0.6 is 0 Å². The Labute approximate surface area is 88.2 Å². The summed E-state index contributed by atoms with van der Waals surface area (Å²) in [5, 5.41) is 0. The zero-order chi connectivity index (χ0) is 9.45. The Kier molecular flexibility index (Phi) is 7.30. The van der Waals surface area contributed by atoms with Crippen LogP contribution in [0.2, 0.25) is 18.1 Å². The third kappa shape index (κ3) is 3.97. The minimum atomic E-state index is -1.28. The molecule has 68 valence electrons. The molecule has 0 saturated heterocycles. The molecular formula is C9H18OSiSn. The Hall–Kier alpha value is 0.536. The summed E-state index contributed by atoms with van der Waals surface area (Å²) in [4.78, 5) is 0. The number of hydrogen-bond donors (Lipinski definition) is 0. The molecule has 0 unspecified atom stereocenters. The molecule has 12 heavy (non-hydrogen) atoms. The zero-order valence-corrected chi connectivity index (χ0v) is 12.4. The van der Waals surface area contributed by atoms with Crippen molar-refractivity contribution in [3.8, 4) is 9.86 Å². The van der Waals surface area contributed by atoms with Crippen molar-refractivity contribution in [2.75, 3.05) is 0 Å². The van der Waals surface area contributed by atoms with Gasteiger partial charge in [-0.15, -0.1) is 0 Å². The monoisotopic (exact) mass is 290 g/mol. The van der Waals surface area contributed by atoms with Gasteiger partial charge in [-0.2, -0.15) is 0 Å². The molecule has 0 aromatic rings. The van der Waals surface area contributed by atoms with E-state index in [1.807, 2.05) is 6.92 Å². The molecule has 0 saturated carbocycles. The second kappa shape index (κ2) is 6.99. The third-order valence-corrected chi connectivity index (χ3v) is 12.4. The van der Waals surface area contributed by atoms with Crippen LogP contribution in [-0.2, 0) is 2.76 Å². The van der Waals surface area contributed by atoms with Crippen LogP contribution in [0.15, 0.2) is 0 Å². The van der Waals surface area contributed by atoms with Crippen molar-refractivity contribution < 1.29 is 2.76 Å². The summed E-state index contributed by atoms with van der Waals surface area (Å²) in [6.45, 7) is 8.69. The summed E-state index contributed by atoms with van der Waals surface area (Å²) in [5.74, 6) is 2.94. The van der Waals surface area contributed by atoms with E-state index < -0.39 is 29.9 Å². The van der Waals surface area contributed by atoms with E-state index in [4.69, 9.17) is 2.76 Å². The Morgan fingerprint density at radius 3 is 2.00 bits per heavy atom. The summed E-state index contributed by atoms with van der Waals surface area (Å²) in [5.41, 5.74) is 0. The first kappa shape index (κ1) is 12.5. The predicted octanol–water partition coefficient (Wildman–Crippen LogP) is 2.61. The fourth-order valence-electron chi connectivity index (χ4n) is 1.15. The van der Waals surface area contributed by atoms with Gasteiger partial charge in [0.1, 0.15) is 0 Å². The molecule has 3 heteroatoms. The molecule has 0 amide bonds. The van der Waals surface area contributed by atoms with Crippen LogP contribution in [0.5, 0.6) is 0 Å². The van der Waals surface area contributed by atoms with Gasteiger partial charge in [-0.1, -0.05) is 0 Å². The van der Waals surface area contributed by atoms with Crippen molar-refractivity contribution in [2.45, 2.75) is 45.8 Å². The van der Waals surface area contributed by atoms with E-state index in [1.165, 1.54) is 18.1 Å². The quantitative estimate of drug-likeness (QED) is 0.558. The van der Waals surface area contributed by atoms with E-state index in [-0.39, 0.29) is 0 Å². The van der Waals surface area contributed by atoms with Crippen LogP contribution in [0.3, 0.4) is 0 Å². The molecule has 0 aromatic heterocycles. The topological polar surface area (TPSA) is 9.23 Å². The third-order valence-electron chi connectivity index (χ3n) is 2.38. The van der Waals surface area contributed by atoms with Gasteiger partial charge in [0.15, 0.2) is 0 Å². The normalized spacial score (nSPS) is 10.7. The van der Waals surface area contributed by atoms with Crippen LogP contribution in [-0.4, -0.2) is 29.9 Å².